The average Bonchev–Trinajstić information content (AvgIpc) is 2.54. The lowest BCUT2D eigenvalue weighted by molar-refractivity contribution is -0.144. The Morgan fingerprint density at radius 2 is 1.64 bits per heavy atom. The Morgan fingerprint density at radius 3 is 2.16 bits per heavy atom. The molecule has 25 heavy (non-hydrogen) atoms. The molecule has 9 N–H and O–H groups in total. The number of rotatable bonds is 12. The molecule has 3 amide bonds. The number of hydrogen-bond donors (Lipinski definition) is 7. The van der Waals surface area contributed by atoms with Crippen molar-refractivity contribution in [1.82, 2.24) is 16.0 Å². The summed E-state index contributed by atoms with van der Waals surface area (Å²) in [5, 5.41) is 24.7. The smallest absolute Gasteiger partial charge is 0.328 e. The fraction of sp³-hybridized carbons (Fsp3) is 0.714. The first kappa shape index (κ1) is 22.8. The van der Waals surface area contributed by atoms with Crippen LogP contribution in [0.25, 0.3) is 0 Å². The summed E-state index contributed by atoms with van der Waals surface area (Å²) < 4.78 is 0. The molecule has 0 aliphatic heterocycles. The number of unbranched alkanes of at least 4 members (excludes halogenated alkanes) is 1. The number of carbonyl (C=O) groups is 4. The van der Waals surface area contributed by atoms with Crippen LogP contribution >= 0.6 is 0 Å². The number of nitrogens with two attached hydrogens (primary N) is 2. The molecule has 0 heterocycles. The first-order valence-electron chi connectivity index (χ1n) is 7.89. The number of amides is 3. The molecule has 0 aromatic heterocycles. The maximum absolute atomic E-state index is 11.7. The molecule has 0 bridgehead atoms. The van der Waals surface area contributed by atoms with Crippen LogP contribution in [0.3, 0.4) is 0 Å². The van der Waals surface area contributed by atoms with Gasteiger partial charge in [0.25, 0.3) is 0 Å². The van der Waals surface area contributed by atoms with Crippen LogP contribution in [0.2, 0.25) is 0 Å². The van der Waals surface area contributed by atoms with Gasteiger partial charge in [-0.3, -0.25) is 14.4 Å². The first-order valence-corrected chi connectivity index (χ1v) is 7.89. The number of hydrogen-bond acceptors (Lipinski definition) is 7. The van der Waals surface area contributed by atoms with Crippen molar-refractivity contribution in [1.29, 1.82) is 0 Å². The Balaban J connectivity index is 4.08. The number of nitrogens with one attached hydrogen (secondary N) is 3. The van der Waals surface area contributed by atoms with Crippen LogP contribution in [-0.2, 0) is 19.2 Å². The Hall–Kier alpha value is -2.24. The molecule has 0 saturated carbocycles. The molecule has 11 nitrogen and oxygen atoms in total. The van der Waals surface area contributed by atoms with Gasteiger partial charge in [-0.2, -0.15) is 0 Å². The van der Waals surface area contributed by atoms with Gasteiger partial charge in [0.15, 0.2) is 6.04 Å². The summed E-state index contributed by atoms with van der Waals surface area (Å²) in [5.41, 5.74) is 11.0. The Labute approximate surface area is 145 Å². The molecule has 3 unspecified atom stereocenters. The van der Waals surface area contributed by atoms with Crippen molar-refractivity contribution in [2.24, 2.45) is 11.5 Å². The highest BCUT2D eigenvalue weighted by molar-refractivity contribution is 5.90. The standard InChI is InChI=1S/C14H27N5O6/c1-8(20)12(14(24)25)19-11(22)7-17-10(21)6-18-13(23)9(16)4-2-3-5-15/h8-9,12,20H,2-7,15-16H2,1H3,(H,17,21)(H,18,23)(H,19,22)(H,24,25). The lowest BCUT2D eigenvalue weighted by Crippen LogP contribution is -2.51. The molecular formula is C14H27N5O6. The summed E-state index contributed by atoms with van der Waals surface area (Å²) in [6.45, 7) is 0.865. The van der Waals surface area contributed by atoms with E-state index < -0.39 is 48.4 Å². The van der Waals surface area contributed by atoms with Gasteiger partial charge in [0.1, 0.15) is 0 Å². The Bertz CT molecular complexity index is 471. The number of carboxylic acids is 1. The van der Waals surface area contributed by atoms with E-state index in [2.05, 4.69) is 16.0 Å². The van der Waals surface area contributed by atoms with Crippen molar-refractivity contribution >= 4 is 23.7 Å². The van der Waals surface area contributed by atoms with Gasteiger partial charge in [-0.25, -0.2) is 4.79 Å². The summed E-state index contributed by atoms with van der Waals surface area (Å²) in [6, 6.07) is -2.22. The minimum absolute atomic E-state index is 0.366. The molecule has 0 rings (SSSR count). The van der Waals surface area contributed by atoms with Crippen molar-refractivity contribution in [3.63, 3.8) is 0 Å². The van der Waals surface area contributed by atoms with E-state index in [4.69, 9.17) is 16.6 Å². The van der Waals surface area contributed by atoms with Gasteiger partial charge in [0.05, 0.1) is 25.2 Å². The van der Waals surface area contributed by atoms with E-state index in [1.807, 2.05) is 0 Å². The molecular weight excluding hydrogens is 334 g/mol. The zero-order valence-corrected chi connectivity index (χ0v) is 14.2. The minimum atomic E-state index is -1.48. The summed E-state index contributed by atoms with van der Waals surface area (Å²) >= 11 is 0. The summed E-state index contributed by atoms with van der Waals surface area (Å²) in [7, 11) is 0. The van der Waals surface area contributed by atoms with Crippen LogP contribution in [0.4, 0.5) is 0 Å². The number of carboxylic acid groups (broad SMARTS) is 1. The third-order valence-corrected chi connectivity index (χ3v) is 3.24. The second kappa shape index (κ2) is 12.2. The van der Waals surface area contributed by atoms with Gasteiger partial charge >= 0.3 is 5.97 Å². The van der Waals surface area contributed by atoms with Crippen molar-refractivity contribution in [2.45, 2.75) is 44.4 Å². The largest absolute Gasteiger partial charge is 0.480 e. The van der Waals surface area contributed by atoms with Gasteiger partial charge in [-0.05, 0) is 26.3 Å². The third-order valence-electron chi connectivity index (χ3n) is 3.24. The van der Waals surface area contributed by atoms with Crippen LogP contribution in [0.5, 0.6) is 0 Å². The highest BCUT2D eigenvalue weighted by atomic mass is 16.4. The molecule has 0 fully saturated rings. The number of aliphatic hydroxyl groups is 1. The van der Waals surface area contributed by atoms with E-state index in [1.54, 1.807) is 0 Å². The van der Waals surface area contributed by atoms with Gasteiger partial charge in [0, 0.05) is 0 Å². The van der Waals surface area contributed by atoms with Gasteiger partial charge < -0.3 is 37.6 Å². The second-order valence-corrected chi connectivity index (χ2v) is 5.51. The quantitative estimate of drug-likeness (QED) is 0.175. The van der Waals surface area contributed by atoms with Crippen LogP contribution in [0.1, 0.15) is 26.2 Å². The molecule has 11 heteroatoms. The van der Waals surface area contributed by atoms with E-state index in [1.165, 1.54) is 6.92 Å². The number of aliphatic carboxylic acids is 1. The lowest BCUT2D eigenvalue weighted by Gasteiger charge is -2.17. The molecule has 0 saturated heterocycles. The fourth-order valence-corrected chi connectivity index (χ4v) is 1.79. The molecule has 3 atom stereocenters. The van der Waals surface area contributed by atoms with Crippen LogP contribution in [0.15, 0.2) is 0 Å². The molecule has 0 aromatic rings. The topological polar surface area (TPSA) is 197 Å². The van der Waals surface area contributed by atoms with Crippen LogP contribution in [0, 0.1) is 0 Å². The highest BCUT2D eigenvalue weighted by Gasteiger charge is 2.24. The van der Waals surface area contributed by atoms with Crippen molar-refractivity contribution in [3.8, 4) is 0 Å². The molecule has 0 radical (unpaired) electrons. The maximum Gasteiger partial charge on any atom is 0.328 e. The molecule has 0 aliphatic carbocycles. The fourth-order valence-electron chi connectivity index (χ4n) is 1.79. The average molecular weight is 361 g/mol. The monoisotopic (exact) mass is 361 g/mol. The van der Waals surface area contributed by atoms with E-state index in [-0.39, 0.29) is 6.54 Å². The predicted molar refractivity (Wildman–Crippen MR) is 88.1 cm³/mol. The lowest BCUT2D eigenvalue weighted by atomic mass is 10.1. The second-order valence-electron chi connectivity index (χ2n) is 5.51. The van der Waals surface area contributed by atoms with Gasteiger partial charge in [-0.15, -0.1) is 0 Å². The molecule has 0 spiro atoms. The normalized spacial score (nSPS) is 14.1. The van der Waals surface area contributed by atoms with Crippen molar-refractivity contribution in [3.05, 3.63) is 0 Å². The van der Waals surface area contributed by atoms with Gasteiger partial charge in [0.2, 0.25) is 17.7 Å². The van der Waals surface area contributed by atoms with Crippen LogP contribution in [-0.4, -0.2) is 71.7 Å². The third kappa shape index (κ3) is 10.3. The van der Waals surface area contributed by atoms with E-state index in [9.17, 15) is 24.3 Å². The molecule has 0 aromatic carbocycles. The maximum atomic E-state index is 11.7. The van der Waals surface area contributed by atoms with Crippen molar-refractivity contribution < 1.29 is 29.4 Å². The van der Waals surface area contributed by atoms with Crippen LogP contribution < -0.4 is 27.4 Å². The zero-order chi connectivity index (χ0) is 19.4. The van der Waals surface area contributed by atoms with E-state index in [0.717, 1.165) is 6.42 Å². The summed E-state index contributed by atoms with van der Waals surface area (Å²) in [4.78, 5) is 45.6. The summed E-state index contributed by atoms with van der Waals surface area (Å²) in [6.07, 6.45) is 0.603. The number of carbonyl (C=O) groups excluding carboxylic acids is 3. The SMILES string of the molecule is CC(O)C(NC(=O)CNC(=O)CNC(=O)C(N)CCCCN)C(=O)O. The summed E-state index contributed by atoms with van der Waals surface area (Å²) in [5.74, 6) is -3.31. The molecule has 144 valence electrons. The van der Waals surface area contributed by atoms with Gasteiger partial charge in [-0.1, -0.05) is 6.42 Å². The number of aliphatic hydroxyl groups excluding tert-OH is 1. The Morgan fingerprint density at radius 1 is 1.04 bits per heavy atom. The Kier molecular flexibility index (Phi) is 11.1. The van der Waals surface area contributed by atoms with E-state index in [0.29, 0.717) is 19.4 Å². The van der Waals surface area contributed by atoms with E-state index >= 15 is 0 Å². The highest BCUT2D eigenvalue weighted by Crippen LogP contribution is 1.97. The molecule has 0 aliphatic rings. The van der Waals surface area contributed by atoms with Crippen molar-refractivity contribution in [2.75, 3.05) is 19.6 Å². The first-order chi connectivity index (χ1) is 11.7. The zero-order valence-electron chi connectivity index (χ0n) is 14.2. The minimum Gasteiger partial charge on any atom is -0.480 e. The predicted octanol–water partition coefficient (Wildman–Crippen LogP) is -3.37.